The largest absolute Gasteiger partial charge is 0.462 e. The highest BCUT2D eigenvalue weighted by atomic mass is 16.6. The van der Waals surface area contributed by atoms with Crippen molar-refractivity contribution in [3.05, 3.63) is 12.4 Å². The van der Waals surface area contributed by atoms with Crippen LogP contribution in [-0.2, 0) is 20.8 Å². The number of hydrogen-bond donors (Lipinski definition) is 1. The van der Waals surface area contributed by atoms with E-state index in [1.807, 2.05) is 0 Å². The van der Waals surface area contributed by atoms with Crippen LogP contribution in [0.25, 0.3) is 0 Å². The lowest BCUT2D eigenvalue weighted by atomic mass is 10.2. The fourth-order valence-electron chi connectivity index (χ4n) is 1.61. The summed E-state index contributed by atoms with van der Waals surface area (Å²) in [7, 11) is 0. The van der Waals surface area contributed by atoms with Gasteiger partial charge in [0.15, 0.2) is 0 Å². The summed E-state index contributed by atoms with van der Waals surface area (Å²) < 4.78 is 11.9. The van der Waals surface area contributed by atoms with Crippen LogP contribution in [-0.4, -0.2) is 35.1 Å². The lowest BCUT2D eigenvalue weighted by Gasteiger charge is -2.09. The van der Waals surface area contributed by atoms with Gasteiger partial charge in [0.2, 0.25) is 0 Å². The van der Waals surface area contributed by atoms with Crippen molar-refractivity contribution in [3.8, 4) is 0 Å². The van der Waals surface area contributed by atoms with Crippen molar-refractivity contribution in [1.29, 1.82) is 0 Å². The molecule has 6 heteroatoms. The van der Waals surface area contributed by atoms with Crippen LogP contribution in [0.15, 0.2) is 12.4 Å². The van der Waals surface area contributed by atoms with Crippen molar-refractivity contribution in [2.24, 2.45) is 0 Å². The van der Waals surface area contributed by atoms with Gasteiger partial charge in [-0.05, 0) is 12.8 Å². The number of nitrogens with zero attached hydrogens (tertiary/aromatic N) is 2. The number of carbonyl (C=O) groups excluding carboxylic acids is 1. The molecule has 1 atom stereocenters. The molecular weight excluding hydrogens is 210 g/mol. The van der Waals surface area contributed by atoms with Crippen molar-refractivity contribution < 1.29 is 14.3 Å². The number of rotatable bonds is 4. The Morgan fingerprint density at radius 3 is 3.25 bits per heavy atom. The summed E-state index contributed by atoms with van der Waals surface area (Å²) in [4.78, 5) is 11.4. The van der Waals surface area contributed by atoms with Crippen LogP contribution in [0.5, 0.6) is 0 Å². The maximum Gasteiger partial charge on any atom is 0.327 e. The smallest absolute Gasteiger partial charge is 0.327 e. The molecule has 2 N–H and O–H groups in total. The van der Waals surface area contributed by atoms with Crippen LogP contribution < -0.4 is 5.73 Å². The molecule has 1 saturated heterocycles. The predicted molar refractivity (Wildman–Crippen MR) is 56.6 cm³/mol. The molecule has 1 aliphatic rings. The van der Waals surface area contributed by atoms with Gasteiger partial charge in [-0.25, -0.2) is 0 Å². The zero-order valence-corrected chi connectivity index (χ0v) is 8.96. The summed E-state index contributed by atoms with van der Waals surface area (Å²) in [5.41, 5.74) is 6.01. The van der Waals surface area contributed by atoms with Crippen molar-refractivity contribution in [2.45, 2.75) is 25.5 Å². The quantitative estimate of drug-likeness (QED) is 0.740. The van der Waals surface area contributed by atoms with Crippen LogP contribution in [0.1, 0.15) is 12.8 Å². The number of anilines is 1. The average Bonchev–Trinajstić information content (AvgIpc) is 2.87. The Kier molecular flexibility index (Phi) is 3.40. The highest BCUT2D eigenvalue weighted by Gasteiger charge is 2.17. The minimum absolute atomic E-state index is 0.0617. The van der Waals surface area contributed by atoms with Crippen LogP contribution in [0, 0.1) is 0 Å². The molecule has 0 aromatic carbocycles. The molecule has 0 bridgehead atoms. The van der Waals surface area contributed by atoms with E-state index in [0.29, 0.717) is 12.3 Å². The Hall–Kier alpha value is -1.56. The molecule has 1 fully saturated rings. The fraction of sp³-hybridized carbons (Fsp3) is 0.600. The Bertz CT molecular complexity index is 358. The summed E-state index contributed by atoms with van der Waals surface area (Å²) in [6.07, 6.45) is 5.15. The van der Waals surface area contributed by atoms with Crippen LogP contribution >= 0.6 is 0 Å². The number of nitrogen functional groups attached to an aromatic ring is 1. The molecule has 1 aliphatic heterocycles. The van der Waals surface area contributed by atoms with Crippen molar-refractivity contribution in [2.75, 3.05) is 18.9 Å². The lowest BCUT2D eigenvalue weighted by molar-refractivity contribution is -0.147. The zero-order valence-electron chi connectivity index (χ0n) is 8.96. The summed E-state index contributed by atoms with van der Waals surface area (Å²) in [5, 5.41) is 3.90. The second kappa shape index (κ2) is 4.98. The number of hydrogen-bond acceptors (Lipinski definition) is 5. The first-order valence-electron chi connectivity index (χ1n) is 5.29. The maximum absolute atomic E-state index is 11.4. The van der Waals surface area contributed by atoms with E-state index in [9.17, 15) is 4.79 Å². The molecule has 0 spiro atoms. The number of nitrogens with two attached hydrogens (primary N) is 1. The van der Waals surface area contributed by atoms with E-state index in [-0.39, 0.29) is 18.6 Å². The van der Waals surface area contributed by atoms with Gasteiger partial charge in [0.25, 0.3) is 0 Å². The number of aromatic nitrogens is 2. The second-order valence-corrected chi connectivity index (χ2v) is 3.79. The van der Waals surface area contributed by atoms with Gasteiger partial charge in [0, 0.05) is 12.8 Å². The number of ether oxygens (including phenoxy) is 2. The number of esters is 1. The van der Waals surface area contributed by atoms with Gasteiger partial charge in [0.05, 0.1) is 18.0 Å². The second-order valence-electron chi connectivity index (χ2n) is 3.79. The minimum Gasteiger partial charge on any atom is -0.462 e. The molecule has 0 radical (unpaired) electrons. The SMILES string of the molecule is Nc1cnn(CC(=O)OCC2CCCO2)c1. The first-order valence-corrected chi connectivity index (χ1v) is 5.29. The molecule has 2 rings (SSSR count). The van der Waals surface area contributed by atoms with Gasteiger partial charge in [-0.2, -0.15) is 5.10 Å². The lowest BCUT2D eigenvalue weighted by Crippen LogP contribution is -2.21. The topological polar surface area (TPSA) is 79.4 Å². The zero-order chi connectivity index (χ0) is 11.4. The molecule has 88 valence electrons. The Labute approximate surface area is 93.3 Å². The van der Waals surface area contributed by atoms with Gasteiger partial charge in [-0.3, -0.25) is 9.48 Å². The molecule has 0 amide bonds. The summed E-state index contributed by atoms with van der Waals surface area (Å²) >= 11 is 0. The Balaban J connectivity index is 1.71. The molecule has 16 heavy (non-hydrogen) atoms. The third kappa shape index (κ3) is 2.96. The van der Waals surface area contributed by atoms with Gasteiger partial charge in [0.1, 0.15) is 13.2 Å². The van der Waals surface area contributed by atoms with E-state index in [1.165, 1.54) is 10.9 Å². The monoisotopic (exact) mass is 225 g/mol. The van der Waals surface area contributed by atoms with E-state index in [1.54, 1.807) is 6.20 Å². The third-order valence-electron chi connectivity index (χ3n) is 2.40. The molecule has 0 saturated carbocycles. The molecule has 1 aromatic heterocycles. The van der Waals surface area contributed by atoms with Crippen LogP contribution in [0.4, 0.5) is 5.69 Å². The highest BCUT2D eigenvalue weighted by molar-refractivity contribution is 5.69. The maximum atomic E-state index is 11.4. The predicted octanol–water partition coefficient (Wildman–Crippen LogP) is 0.187. The fourth-order valence-corrected chi connectivity index (χ4v) is 1.61. The van der Waals surface area contributed by atoms with E-state index in [0.717, 1.165) is 19.4 Å². The summed E-state index contributed by atoms with van der Waals surface area (Å²) in [6, 6.07) is 0. The van der Waals surface area contributed by atoms with E-state index in [2.05, 4.69) is 5.10 Å². The van der Waals surface area contributed by atoms with Gasteiger partial charge >= 0.3 is 5.97 Å². The Morgan fingerprint density at radius 1 is 1.75 bits per heavy atom. The van der Waals surface area contributed by atoms with Crippen LogP contribution in [0.2, 0.25) is 0 Å². The Morgan fingerprint density at radius 2 is 2.62 bits per heavy atom. The van der Waals surface area contributed by atoms with E-state index < -0.39 is 0 Å². The molecule has 6 nitrogen and oxygen atoms in total. The molecule has 1 aromatic rings. The summed E-state index contributed by atoms with van der Waals surface area (Å²) in [5.74, 6) is -0.321. The van der Waals surface area contributed by atoms with Crippen molar-refractivity contribution >= 4 is 11.7 Å². The van der Waals surface area contributed by atoms with E-state index >= 15 is 0 Å². The molecular formula is C10H15N3O3. The van der Waals surface area contributed by atoms with Gasteiger partial charge in [-0.1, -0.05) is 0 Å². The summed E-state index contributed by atoms with van der Waals surface area (Å²) in [6.45, 7) is 1.18. The van der Waals surface area contributed by atoms with Crippen LogP contribution in [0.3, 0.4) is 0 Å². The molecule has 0 aliphatic carbocycles. The standard InChI is InChI=1S/C10H15N3O3/c11-8-4-12-13(5-8)6-10(14)16-7-9-2-1-3-15-9/h4-5,9H,1-3,6-7,11H2. The third-order valence-corrected chi connectivity index (χ3v) is 2.40. The average molecular weight is 225 g/mol. The first-order chi connectivity index (χ1) is 7.74. The minimum atomic E-state index is -0.321. The van der Waals surface area contributed by atoms with E-state index in [4.69, 9.17) is 15.2 Å². The van der Waals surface area contributed by atoms with Crippen molar-refractivity contribution in [1.82, 2.24) is 9.78 Å². The molecule has 2 heterocycles. The highest BCUT2D eigenvalue weighted by Crippen LogP contribution is 2.12. The number of carbonyl (C=O) groups is 1. The molecule has 1 unspecified atom stereocenters. The van der Waals surface area contributed by atoms with Crippen molar-refractivity contribution in [3.63, 3.8) is 0 Å². The first kappa shape index (κ1) is 10.9. The normalized spacial score (nSPS) is 19.9. The van der Waals surface area contributed by atoms with Gasteiger partial charge in [-0.15, -0.1) is 0 Å². The van der Waals surface area contributed by atoms with Gasteiger partial charge < -0.3 is 15.2 Å².